The Hall–Kier alpha value is -1.09. The van der Waals surface area contributed by atoms with E-state index in [1.54, 1.807) is 12.3 Å². The van der Waals surface area contributed by atoms with Crippen molar-refractivity contribution in [3.8, 4) is 6.07 Å². The van der Waals surface area contributed by atoms with Gasteiger partial charge in [0.15, 0.2) is 0 Å². The molecule has 0 fully saturated rings. The molecule has 4 nitrogen and oxygen atoms in total. The van der Waals surface area contributed by atoms with E-state index in [9.17, 15) is 4.55 Å². The highest BCUT2D eigenvalue weighted by Gasteiger charge is 2.28. The highest BCUT2D eigenvalue weighted by molar-refractivity contribution is 7.90. The number of hydrogen-bond acceptors (Lipinski definition) is 4. The molecule has 1 aromatic heterocycles. The van der Waals surface area contributed by atoms with Crippen molar-refractivity contribution >= 4 is 11.4 Å². The van der Waals surface area contributed by atoms with Crippen molar-refractivity contribution in [2.75, 3.05) is 0 Å². The third-order valence-corrected chi connectivity index (χ3v) is 3.92. The van der Waals surface area contributed by atoms with Gasteiger partial charge < -0.3 is 4.55 Å². The van der Waals surface area contributed by atoms with E-state index in [1.807, 2.05) is 39.8 Å². The molecule has 1 heterocycles. The summed E-state index contributed by atoms with van der Waals surface area (Å²) in [4.78, 5) is 3.99. The Morgan fingerprint density at radius 3 is 2.53 bits per heavy atom. The van der Waals surface area contributed by atoms with E-state index in [0.717, 1.165) is 5.56 Å². The molecule has 17 heavy (non-hydrogen) atoms. The van der Waals surface area contributed by atoms with E-state index in [1.165, 1.54) is 0 Å². The van der Waals surface area contributed by atoms with Gasteiger partial charge in [-0.15, -0.1) is 4.72 Å². The Labute approximate surface area is 105 Å². The summed E-state index contributed by atoms with van der Waals surface area (Å²) >= 11 is -1.12. The van der Waals surface area contributed by atoms with E-state index in [-0.39, 0.29) is 10.8 Å². The minimum atomic E-state index is -1.12. The second-order valence-electron chi connectivity index (χ2n) is 4.81. The topological polar surface area (TPSA) is 71.8 Å². The van der Waals surface area contributed by atoms with Crippen LogP contribution in [0.4, 0.5) is 0 Å². The third-order valence-electron chi connectivity index (χ3n) is 2.24. The van der Waals surface area contributed by atoms with Gasteiger partial charge in [0.2, 0.25) is 0 Å². The van der Waals surface area contributed by atoms with E-state index >= 15 is 0 Å². The lowest BCUT2D eigenvalue weighted by atomic mass is 10.1. The average Bonchev–Trinajstić information content (AvgIpc) is 2.27. The van der Waals surface area contributed by atoms with Crippen LogP contribution in [0.2, 0.25) is 0 Å². The number of nitriles is 1. The Balaban J connectivity index is 2.70. The number of nitrogens with one attached hydrogen (secondary N) is 1. The van der Waals surface area contributed by atoms with Crippen molar-refractivity contribution in [3.05, 3.63) is 29.6 Å². The first-order chi connectivity index (χ1) is 7.84. The van der Waals surface area contributed by atoms with Crippen LogP contribution in [0.1, 0.15) is 45.0 Å². The van der Waals surface area contributed by atoms with Crippen LogP contribution >= 0.6 is 0 Å². The zero-order valence-corrected chi connectivity index (χ0v) is 11.3. The van der Waals surface area contributed by atoms with Gasteiger partial charge in [-0.25, -0.2) is 4.98 Å². The van der Waals surface area contributed by atoms with Crippen LogP contribution in [0.5, 0.6) is 0 Å². The van der Waals surface area contributed by atoms with Crippen LogP contribution in [-0.2, 0) is 11.4 Å². The fraction of sp³-hybridized carbons (Fsp3) is 0.500. The Morgan fingerprint density at radius 2 is 2.12 bits per heavy atom. The van der Waals surface area contributed by atoms with Crippen LogP contribution < -0.4 is 4.72 Å². The molecule has 0 radical (unpaired) electrons. The van der Waals surface area contributed by atoms with Gasteiger partial charge in [0.25, 0.3) is 0 Å². The Bertz CT molecular complexity index is 405. The fourth-order valence-corrected chi connectivity index (χ4v) is 1.94. The molecule has 92 valence electrons. The molecular weight excluding hydrogens is 234 g/mol. The minimum Gasteiger partial charge on any atom is -0.598 e. The Morgan fingerprint density at radius 1 is 1.47 bits per heavy atom. The van der Waals surface area contributed by atoms with Crippen molar-refractivity contribution in [2.45, 2.75) is 38.5 Å². The molecule has 0 spiro atoms. The van der Waals surface area contributed by atoms with Crippen molar-refractivity contribution in [1.82, 2.24) is 9.71 Å². The van der Waals surface area contributed by atoms with Gasteiger partial charge in [0.1, 0.15) is 16.5 Å². The van der Waals surface area contributed by atoms with Crippen LogP contribution in [0.25, 0.3) is 0 Å². The van der Waals surface area contributed by atoms with E-state index in [4.69, 9.17) is 5.26 Å². The second-order valence-corrected chi connectivity index (χ2v) is 6.81. The first kappa shape index (κ1) is 14.0. The van der Waals surface area contributed by atoms with Crippen molar-refractivity contribution in [2.24, 2.45) is 0 Å². The summed E-state index contributed by atoms with van der Waals surface area (Å²) in [5, 5.41) is 8.64. The summed E-state index contributed by atoms with van der Waals surface area (Å²) in [6.45, 7) is 7.67. The number of rotatable bonds is 3. The molecule has 0 saturated heterocycles. The van der Waals surface area contributed by atoms with Crippen molar-refractivity contribution in [1.29, 1.82) is 5.26 Å². The zero-order chi connectivity index (χ0) is 13.1. The molecule has 1 N–H and O–H groups in total. The molecule has 0 aliphatic carbocycles. The SMILES string of the molecule is CC(N[S+]([O-])C(C)(C)C)c1ccc(C#N)nc1. The molecule has 0 bridgehead atoms. The first-order valence-electron chi connectivity index (χ1n) is 5.38. The average molecular weight is 251 g/mol. The third kappa shape index (κ3) is 4.00. The first-order valence-corrected chi connectivity index (χ1v) is 6.53. The maximum atomic E-state index is 11.9. The lowest BCUT2D eigenvalue weighted by molar-refractivity contribution is 0.531. The zero-order valence-electron chi connectivity index (χ0n) is 10.5. The highest BCUT2D eigenvalue weighted by Crippen LogP contribution is 2.19. The van der Waals surface area contributed by atoms with Crippen LogP contribution in [-0.4, -0.2) is 14.3 Å². The van der Waals surface area contributed by atoms with Gasteiger partial charge in [-0.2, -0.15) is 5.26 Å². The van der Waals surface area contributed by atoms with E-state index < -0.39 is 11.4 Å². The maximum absolute atomic E-state index is 11.9. The lowest BCUT2D eigenvalue weighted by Crippen LogP contribution is -2.40. The van der Waals surface area contributed by atoms with E-state index in [0.29, 0.717) is 5.69 Å². The molecule has 1 aromatic rings. The summed E-state index contributed by atoms with van der Waals surface area (Å²) in [6, 6.07) is 5.39. The molecule has 0 aliphatic heterocycles. The number of nitrogens with zero attached hydrogens (tertiary/aromatic N) is 2. The largest absolute Gasteiger partial charge is 0.598 e. The van der Waals surface area contributed by atoms with E-state index in [2.05, 4.69) is 9.71 Å². The number of pyridine rings is 1. The number of aromatic nitrogens is 1. The molecule has 5 heteroatoms. The van der Waals surface area contributed by atoms with Crippen LogP contribution in [0.15, 0.2) is 18.3 Å². The quantitative estimate of drug-likeness (QED) is 0.835. The van der Waals surface area contributed by atoms with Gasteiger partial charge >= 0.3 is 0 Å². The molecule has 0 saturated carbocycles. The molecule has 1 rings (SSSR count). The van der Waals surface area contributed by atoms with Crippen LogP contribution in [0, 0.1) is 11.3 Å². The maximum Gasteiger partial charge on any atom is 0.140 e. The molecule has 2 atom stereocenters. The molecular formula is C12H17N3OS. The Kier molecular flexibility index (Phi) is 4.52. The predicted octanol–water partition coefficient (Wildman–Crippen LogP) is 2.07. The summed E-state index contributed by atoms with van der Waals surface area (Å²) in [7, 11) is 0. The van der Waals surface area contributed by atoms with Crippen LogP contribution in [0.3, 0.4) is 0 Å². The van der Waals surface area contributed by atoms with Gasteiger partial charge in [-0.3, -0.25) is 0 Å². The monoisotopic (exact) mass is 251 g/mol. The lowest BCUT2D eigenvalue weighted by Gasteiger charge is -2.26. The normalized spacial score (nSPS) is 15.1. The fourth-order valence-electron chi connectivity index (χ4n) is 1.13. The summed E-state index contributed by atoms with van der Waals surface area (Å²) in [5.74, 6) is 0. The highest BCUT2D eigenvalue weighted by atomic mass is 32.2. The molecule has 0 aliphatic rings. The molecule has 0 aromatic carbocycles. The van der Waals surface area contributed by atoms with Gasteiger partial charge in [-0.05, 0) is 39.3 Å². The summed E-state index contributed by atoms with van der Waals surface area (Å²) in [5.41, 5.74) is 1.31. The summed E-state index contributed by atoms with van der Waals surface area (Å²) in [6.07, 6.45) is 1.64. The smallest absolute Gasteiger partial charge is 0.140 e. The van der Waals surface area contributed by atoms with Gasteiger partial charge in [0.05, 0.1) is 6.04 Å². The predicted molar refractivity (Wildman–Crippen MR) is 68.4 cm³/mol. The van der Waals surface area contributed by atoms with Gasteiger partial charge in [-0.1, -0.05) is 6.07 Å². The summed E-state index contributed by atoms with van der Waals surface area (Å²) < 4.78 is 14.6. The minimum absolute atomic E-state index is 0.0599. The number of hydrogen-bond donors (Lipinski definition) is 1. The molecule has 0 amide bonds. The van der Waals surface area contributed by atoms with Crippen molar-refractivity contribution < 1.29 is 4.55 Å². The van der Waals surface area contributed by atoms with Crippen molar-refractivity contribution in [3.63, 3.8) is 0 Å². The van der Waals surface area contributed by atoms with Gasteiger partial charge in [0, 0.05) is 17.6 Å². The second kappa shape index (κ2) is 5.50. The molecule has 2 unspecified atom stereocenters. The standard InChI is InChI=1S/C12H17N3OS/c1-9(15-17(16)12(2,3)4)10-5-6-11(7-13)14-8-10/h5-6,8-9,15H,1-4H3.